The summed E-state index contributed by atoms with van der Waals surface area (Å²) >= 11 is 0. The van der Waals surface area contributed by atoms with Gasteiger partial charge in [-0.25, -0.2) is 4.79 Å². The van der Waals surface area contributed by atoms with Crippen molar-refractivity contribution in [2.24, 2.45) is 0 Å². The van der Waals surface area contributed by atoms with Crippen molar-refractivity contribution in [3.63, 3.8) is 0 Å². The highest BCUT2D eigenvalue weighted by atomic mass is 16.5. The molecular formula is C15H13NO3. The Bertz CT molecular complexity index is 573. The van der Waals surface area contributed by atoms with Crippen LogP contribution >= 0.6 is 0 Å². The Morgan fingerprint density at radius 1 is 1.00 bits per heavy atom. The summed E-state index contributed by atoms with van der Waals surface area (Å²) in [6.45, 7) is 0. The van der Waals surface area contributed by atoms with E-state index in [4.69, 9.17) is 0 Å². The van der Waals surface area contributed by atoms with Gasteiger partial charge >= 0.3 is 6.09 Å². The molecular weight excluding hydrogens is 242 g/mol. The van der Waals surface area contributed by atoms with Gasteiger partial charge in [0.1, 0.15) is 6.29 Å². The van der Waals surface area contributed by atoms with E-state index >= 15 is 0 Å². The molecule has 2 aromatic rings. The van der Waals surface area contributed by atoms with Crippen molar-refractivity contribution < 1.29 is 14.3 Å². The van der Waals surface area contributed by atoms with Crippen molar-refractivity contribution in [2.75, 3.05) is 12.4 Å². The molecule has 1 N–H and O–H groups in total. The summed E-state index contributed by atoms with van der Waals surface area (Å²) in [5, 5.41) is 2.58. The van der Waals surface area contributed by atoms with E-state index in [2.05, 4.69) is 10.1 Å². The quantitative estimate of drug-likeness (QED) is 0.856. The van der Waals surface area contributed by atoms with E-state index < -0.39 is 6.09 Å². The molecule has 0 saturated heterocycles. The van der Waals surface area contributed by atoms with Crippen LogP contribution in [0.25, 0.3) is 11.1 Å². The molecule has 2 aromatic carbocycles. The van der Waals surface area contributed by atoms with Gasteiger partial charge in [-0.3, -0.25) is 10.1 Å². The molecule has 0 aliphatic carbocycles. The predicted octanol–water partition coefficient (Wildman–Crippen LogP) is 3.34. The van der Waals surface area contributed by atoms with Crippen molar-refractivity contribution in [1.29, 1.82) is 0 Å². The zero-order chi connectivity index (χ0) is 13.7. The third-order valence-electron chi connectivity index (χ3n) is 2.70. The first kappa shape index (κ1) is 12.8. The number of aldehydes is 1. The lowest BCUT2D eigenvalue weighted by molar-refractivity contribution is 0.112. The van der Waals surface area contributed by atoms with E-state index in [1.54, 1.807) is 24.3 Å². The molecule has 2 rings (SSSR count). The van der Waals surface area contributed by atoms with Gasteiger partial charge in [-0.2, -0.15) is 0 Å². The van der Waals surface area contributed by atoms with Gasteiger partial charge in [-0.15, -0.1) is 0 Å². The molecule has 19 heavy (non-hydrogen) atoms. The highest BCUT2D eigenvalue weighted by molar-refractivity contribution is 5.85. The van der Waals surface area contributed by atoms with E-state index in [0.717, 1.165) is 17.4 Å². The van der Waals surface area contributed by atoms with Crippen LogP contribution in [0.2, 0.25) is 0 Å². The largest absolute Gasteiger partial charge is 0.453 e. The fraction of sp³-hybridized carbons (Fsp3) is 0.0667. The molecule has 0 fully saturated rings. The van der Waals surface area contributed by atoms with Gasteiger partial charge in [0.25, 0.3) is 0 Å². The molecule has 0 aliphatic heterocycles. The topological polar surface area (TPSA) is 55.4 Å². The Labute approximate surface area is 111 Å². The van der Waals surface area contributed by atoms with Gasteiger partial charge in [0, 0.05) is 11.3 Å². The molecule has 0 aliphatic rings. The van der Waals surface area contributed by atoms with Crippen LogP contribution in [0.1, 0.15) is 10.4 Å². The second kappa shape index (κ2) is 5.82. The highest BCUT2D eigenvalue weighted by Crippen LogP contribution is 2.21. The predicted molar refractivity (Wildman–Crippen MR) is 73.3 cm³/mol. The summed E-state index contributed by atoms with van der Waals surface area (Å²) in [7, 11) is 1.32. The van der Waals surface area contributed by atoms with Crippen molar-refractivity contribution in [2.45, 2.75) is 0 Å². The average molecular weight is 255 g/mol. The molecule has 1 amide bonds. The molecule has 96 valence electrons. The normalized spacial score (nSPS) is 9.74. The van der Waals surface area contributed by atoms with Crippen LogP contribution in [0.15, 0.2) is 48.5 Å². The van der Waals surface area contributed by atoms with Crippen LogP contribution in [-0.4, -0.2) is 19.5 Å². The lowest BCUT2D eigenvalue weighted by atomic mass is 10.0. The lowest BCUT2D eigenvalue weighted by Crippen LogP contribution is -2.10. The van der Waals surface area contributed by atoms with Crippen molar-refractivity contribution >= 4 is 18.1 Å². The number of rotatable bonds is 3. The summed E-state index contributed by atoms with van der Waals surface area (Å²) in [6, 6.07) is 14.7. The Hall–Kier alpha value is -2.62. The fourth-order valence-corrected chi connectivity index (χ4v) is 1.67. The fourth-order valence-electron chi connectivity index (χ4n) is 1.67. The average Bonchev–Trinajstić information content (AvgIpc) is 2.48. The summed E-state index contributed by atoms with van der Waals surface area (Å²) in [4.78, 5) is 21.6. The number of benzene rings is 2. The lowest BCUT2D eigenvalue weighted by Gasteiger charge is -2.05. The van der Waals surface area contributed by atoms with Gasteiger partial charge in [0.05, 0.1) is 7.11 Å². The second-order valence-electron chi connectivity index (χ2n) is 3.93. The van der Waals surface area contributed by atoms with Crippen molar-refractivity contribution in [3.8, 4) is 11.1 Å². The number of nitrogens with one attached hydrogen (secondary N) is 1. The molecule has 0 atom stereocenters. The number of anilines is 1. The van der Waals surface area contributed by atoms with E-state index in [-0.39, 0.29) is 0 Å². The Balaban J connectivity index is 2.17. The third-order valence-corrected chi connectivity index (χ3v) is 2.70. The monoisotopic (exact) mass is 255 g/mol. The number of hydrogen-bond donors (Lipinski definition) is 1. The summed E-state index contributed by atoms with van der Waals surface area (Å²) < 4.78 is 4.51. The first-order chi connectivity index (χ1) is 9.22. The zero-order valence-corrected chi connectivity index (χ0v) is 10.4. The standard InChI is InChI=1S/C15H13NO3/c1-19-15(18)16-14-8-6-13(7-9-14)12-4-2-11(10-17)3-5-12/h2-10H,1H3,(H,16,18). The van der Waals surface area contributed by atoms with Crippen molar-refractivity contribution in [3.05, 3.63) is 54.1 Å². The van der Waals surface area contributed by atoms with Gasteiger partial charge in [-0.05, 0) is 23.3 Å². The van der Waals surface area contributed by atoms with Crippen LogP contribution < -0.4 is 5.32 Å². The minimum Gasteiger partial charge on any atom is -0.453 e. The molecule has 0 radical (unpaired) electrons. The number of carbonyl (C=O) groups excluding carboxylic acids is 2. The Morgan fingerprint density at radius 3 is 2.00 bits per heavy atom. The van der Waals surface area contributed by atoms with Gasteiger partial charge < -0.3 is 4.74 Å². The smallest absolute Gasteiger partial charge is 0.411 e. The number of hydrogen-bond acceptors (Lipinski definition) is 3. The van der Waals surface area contributed by atoms with Crippen LogP contribution in [0.5, 0.6) is 0 Å². The van der Waals surface area contributed by atoms with Crippen LogP contribution in [0.4, 0.5) is 10.5 Å². The number of carbonyl (C=O) groups is 2. The van der Waals surface area contributed by atoms with Crippen molar-refractivity contribution in [1.82, 2.24) is 0 Å². The minimum absolute atomic E-state index is 0.497. The van der Waals surface area contributed by atoms with Crippen LogP contribution in [0.3, 0.4) is 0 Å². The van der Waals surface area contributed by atoms with E-state index in [1.165, 1.54) is 7.11 Å². The number of ether oxygens (including phenoxy) is 1. The van der Waals surface area contributed by atoms with E-state index in [1.807, 2.05) is 24.3 Å². The Morgan fingerprint density at radius 2 is 1.53 bits per heavy atom. The number of amides is 1. The van der Waals surface area contributed by atoms with E-state index in [9.17, 15) is 9.59 Å². The molecule has 0 bridgehead atoms. The van der Waals surface area contributed by atoms with Crippen LogP contribution in [0, 0.1) is 0 Å². The minimum atomic E-state index is -0.497. The van der Waals surface area contributed by atoms with Gasteiger partial charge in [0.2, 0.25) is 0 Å². The zero-order valence-electron chi connectivity index (χ0n) is 10.4. The molecule has 0 spiro atoms. The summed E-state index contributed by atoms with van der Waals surface area (Å²) in [5.41, 5.74) is 3.33. The Kier molecular flexibility index (Phi) is 3.93. The van der Waals surface area contributed by atoms with Crippen LogP contribution in [-0.2, 0) is 4.74 Å². The molecule has 4 nitrogen and oxygen atoms in total. The molecule has 0 unspecified atom stereocenters. The number of methoxy groups -OCH3 is 1. The van der Waals surface area contributed by atoms with E-state index in [0.29, 0.717) is 11.3 Å². The summed E-state index contributed by atoms with van der Waals surface area (Å²) in [5.74, 6) is 0. The molecule has 0 aromatic heterocycles. The summed E-state index contributed by atoms with van der Waals surface area (Å²) in [6.07, 6.45) is 0.316. The van der Waals surface area contributed by atoms with Gasteiger partial charge in [-0.1, -0.05) is 36.4 Å². The molecule has 4 heteroatoms. The SMILES string of the molecule is COC(=O)Nc1ccc(-c2ccc(C=O)cc2)cc1. The highest BCUT2D eigenvalue weighted by Gasteiger charge is 2.01. The first-order valence-electron chi connectivity index (χ1n) is 5.73. The maximum atomic E-state index is 11.0. The third kappa shape index (κ3) is 3.19. The van der Waals surface area contributed by atoms with Gasteiger partial charge in [0.15, 0.2) is 0 Å². The second-order valence-corrected chi connectivity index (χ2v) is 3.93. The molecule has 0 saturated carbocycles. The molecule has 0 heterocycles. The maximum absolute atomic E-state index is 11.0. The maximum Gasteiger partial charge on any atom is 0.411 e. The first-order valence-corrected chi connectivity index (χ1v) is 5.73.